The summed E-state index contributed by atoms with van der Waals surface area (Å²) in [6.45, 7) is 4.19. The number of fused-ring (bicyclic) bond motifs is 3. The number of phenols is 1. The molecule has 3 aliphatic rings. The lowest BCUT2D eigenvalue weighted by Gasteiger charge is -2.50. The number of rotatable bonds is 4. The van der Waals surface area contributed by atoms with Gasteiger partial charge in [0.25, 0.3) is 5.91 Å². The second-order valence-electron chi connectivity index (χ2n) is 11.2. The maximum atomic E-state index is 13.9. The molecule has 4 atom stereocenters. The lowest BCUT2D eigenvalue weighted by molar-refractivity contribution is -0.153. The average Bonchev–Trinajstić information content (AvgIpc) is 2.86. The van der Waals surface area contributed by atoms with Crippen molar-refractivity contribution in [3.8, 4) is 16.9 Å². The Hall–Kier alpha value is -3.95. The Balaban J connectivity index is 1.70. The van der Waals surface area contributed by atoms with E-state index in [2.05, 4.69) is 13.8 Å². The smallest absolute Gasteiger partial charge is 0.255 e. The molecule has 0 aliphatic heterocycles. The van der Waals surface area contributed by atoms with Gasteiger partial charge in [-0.3, -0.25) is 19.3 Å². The van der Waals surface area contributed by atoms with E-state index in [4.69, 9.17) is 5.73 Å². The number of aliphatic hydroxyl groups is 3. The van der Waals surface area contributed by atoms with E-state index in [0.717, 1.165) is 16.7 Å². The third-order valence-corrected chi connectivity index (χ3v) is 8.49. The third-order valence-electron chi connectivity index (χ3n) is 8.49. The number of hydrogen-bond donors (Lipinski definition) is 5. The number of aliphatic hydroxyl groups excluding tert-OH is 2. The molecule has 6 N–H and O–H groups in total. The SMILES string of the molecule is CC(C)c1ccc(-c2ccc(O)c3c2C[C@H]2C[C@H]4[C@H](N(C)C)C(=O)C(C(N)=O)=C(O)[C@@]4(O)C(=O)C2=C3O)cc1. The van der Waals surface area contributed by atoms with Crippen molar-refractivity contribution in [2.24, 2.45) is 17.6 Å². The van der Waals surface area contributed by atoms with Crippen molar-refractivity contribution in [1.29, 1.82) is 0 Å². The molecule has 0 radical (unpaired) electrons. The van der Waals surface area contributed by atoms with Crippen LogP contribution in [0.25, 0.3) is 16.9 Å². The number of likely N-dealkylation sites (N-methyl/N-ethyl adjacent to an activating group) is 1. The molecule has 0 heterocycles. The van der Waals surface area contributed by atoms with Gasteiger partial charge in [-0.1, -0.05) is 44.2 Å². The number of Topliss-reactive ketones (excluding diaryl/α,β-unsaturated/α-hetero) is 2. The summed E-state index contributed by atoms with van der Waals surface area (Å²) in [5.74, 6) is -6.27. The average molecular weight is 533 g/mol. The van der Waals surface area contributed by atoms with Gasteiger partial charge in [0.2, 0.25) is 5.78 Å². The second kappa shape index (κ2) is 9.07. The first-order chi connectivity index (χ1) is 18.3. The summed E-state index contributed by atoms with van der Waals surface area (Å²) in [5, 5.41) is 44.8. The standard InChI is InChI=1S/C30H32N2O7/c1-13(2)14-5-7-15(8-6-14)17-9-10-20(33)22-18(17)11-16-12-19-24(32(3)4)26(35)23(29(31)38)28(37)30(19,39)27(36)21(16)25(22)34/h5-10,13,16,19,24,33-34,37,39H,11-12H2,1-4H3,(H2,31,38)/t16-,19-,24-,30-/m0/s1. The highest BCUT2D eigenvalue weighted by molar-refractivity contribution is 6.24. The number of nitrogens with two attached hydrogens (primary N) is 1. The number of carbonyl (C=O) groups excluding carboxylic acids is 3. The molecule has 1 fully saturated rings. The monoisotopic (exact) mass is 532 g/mol. The van der Waals surface area contributed by atoms with Crippen LogP contribution in [0.4, 0.5) is 0 Å². The van der Waals surface area contributed by atoms with Gasteiger partial charge < -0.3 is 26.2 Å². The fourth-order valence-electron chi connectivity index (χ4n) is 6.56. The zero-order chi connectivity index (χ0) is 28.5. The summed E-state index contributed by atoms with van der Waals surface area (Å²) in [7, 11) is 3.15. The van der Waals surface area contributed by atoms with E-state index in [1.54, 1.807) is 20.2 Å². The Bertz CT molecular complexity index is 1490. The molecule has 1 saturated carbocycles. The van der Waals surface area contributed by atoms with Crippen molar-refractivity contribution in [3.05, 3.63) is 70.0 Å². The Morgan fingerprint density at radius 2 is 1.69 bits per heavy atom. The molecule has 0 bridgehead atoms. The van der Waals surface area contributed by atoms with Crippen molar-refractivity contribution < 1.29 is 34.8 Å². The molecule has 0 unspecified atom stereocenters. The maximum absolute atomic E-state index is 13.9. The van der Waals surface area contributed by atoms with E-state index in [1.165, 1.54) is 11.0 Å². The molecular formula is C30H32N2O7. The molecule has 204 valence electrons. The van der Waals surface area contributed by atoms with Gasteiger partial charge in [-0.25, -0.2) is 0 Å². The van der Waals surface area contributed by atoms with Crippen LogP contribution >= 0.6 is 0 Å². The number of aromatic hydroxyl groups is 1. The molecular weight excluding hydrogens is 500 g/mol. The van der Waals surface area contributed by atoms with Crippen LogP contribution in [-0.4, -0.2) is 68.5 Å². The predicted molar refractivity (Wildman–Crippen MR) is 144 cm³/mol. The van der Waals surface area contributed by atoms with E-state index < -0.39 is 58.0 Å². The predicted octanol–water partition coefficient (Wildman–Crippen LogP) is 2.75. The molecule has 0 spiro atoms. The van der Waals surface area contributed by atoms with E-state index in [-0.39, 0.29) is 29.7 Å². The van der Waals surface area contributed by atoms with Crippen molar-refractivity contribution in [2.45, 2.75) is 44.2 Å². The number of primary amides is 1. The largest absolute Gasteiger partial charge is 0.508 e. The highest BCUT2D eigenvalue weighted by Gasteiger charge is 2.64. The van der Waals surface area contributed by atoms with Crippen molar-refractivity contribution in [2.75, 3.05) is 14.1 Å². The van der Waals surface area contributed by atoms with Crippen LogP contribution in [0.1, 0.15) is 42.9 Å². The van der Waals surface area contributed by atoms with E-state index >= 15 is 0 Å². The Kier molecular flexibility index (Phi) is 6.19. The number of benzene rings is 2. The van der Waals surface area contributed by atoms with Crippen molar-refractivity contribution in [3.63, 3.8) is 0 Å². The van der Waals surface area contributed by atoms with Crippen molar-refractivity contribution in [1.82, 2.24) is 4.90 Å². The molecule has 39 heavy (non-hydrogen) atoms. The first kappa shape index (κ1) is 26.6. The van der Waals surface area contributed by atoms with Crippen LogP contribution in [-0.2, 0) is 20.8 Å². The number of carbonyl (C=O) groups is 3. The molecule has 2 aromatic rings. The Labute approximate surface area is 225 Å². The first-order valence-electron chi connectivity index (χ1n) is 12.9. The summed E-state index contributed by atoms with van der Waals surface area (Å²) in [4.78, 5) is 40.7. The Morgan fingerprint density at radius 1 is 1.05 bits per heavy atom. The minimum Gasteiger partial charge on any atom is -0.508 e. The van der Waals surface area contributed by atoms with Crippen LogP contribution in [0.2, 0.25) is 0 Å². The minimum absolute atomic E-state index is 0.0488. The highest BCUT2D eigenvalue weighted by atomic mass is 16.3. The summed E-state index contributed by atoms with van der Waals surface area (Å²) < 4.78 is 0. The number of amides is 1. The number of hydrogen-bond acceptors (Lipinski definition) is 8. The van der Waals surface area contributed by atoms with Crippen LogP contribution in [0.3, 0.4) is 0 Å². The number of nitrogens with zero attached hydrogens (tertiary/aromatic N) is 1. The topological polar surface area (TPSA) is 161 Å². The van der Waals surface area contributed by atoms with Gasteiger partial charge in [-0.2, -0.15) is 0 Å². The summed E-state index contributed by atoms with van der Waals surface area (Å²) in [6.07, 6.45) is 0.289. The molecule has 9 heteroatoms. The Morgan fingerprint density at radius 3 is 2.26 bits per heavy atom. The van der Waals surface area contributed by atoms with Crippen LogP contribution in [0.5, 0.6) is 5.75 Å². The molecule has 5 rings (SSSR count). The first-order valence-corrected chi connectivity index (χ1v) is 12.9. The quantitative estimate of drug-likeness (QED) is 0.376. The zero-order valence-corrected chi connectivity index (χ0v) is 22.2. The number of phenolic OH excluding ortho intramolecular Hbond substituents is 1. The summed E-state index contributed by atoms with van der Waals surface area (Å²) >= 11 is 0. The number of ketones is 2. The van der Waals surface area contributed by atoms with Gasteiger partial charge in [0.15, 0.2) is 11.4 Å². The van der Waals surface area contributed by atoms with Crippen LogP contribution < -0.4 is 5.73 Å². The molecule has 0 aromatic heterocycles. The van der Waals surface area contributed by atoms with E-state index in [0.29, 0.717) is 11.5 Å². The van der Waals surface area contributed by atoms with E-state index in [1.807, 2.05) is 24.3 Å². The van der Waals surface area contributed by atoms with Crippen LogP contribution in [0.15, 0.2) is 53.3 Å². The van der Waals surface area contributed by atoms with Gasteiger partial charge >= 0.3 is 0 Å². The molecule has 2 aromatic carbocycles. The lowest BCUT2D eigenvalue weighted by atomic mass is 9.57. The fourth-order valence-corrected chi connectivity index (χ4v) is 6.56. The normalized spacial score (nSPS) is 26.6. The van der Waals surface area contributed by atoms with Gasteiger partial charge in [0.05, 0.1) is 11.6 Å². The summed E-state index contributed by atoms with van der Waals surface area (Å²) in [5.41, 5.74) is 5.25. The molecule has 9 nitrogen and oxygen atoms in total. The van der Waals surface area contributed by atoms with Gasteiger partial charge in [0, 0.05) is 11.5 Å². The zero-order valence-electron chi connectivity index (χ0n) is 22.2. The third kappa shape index (κ3) is 3.71. The summed E-state index contributed by atoms with van der Waals surface area (Å²) in [6, 6.07) is 10.1. The van der Waals surface area contributed by atoms with Gasteiger partial charge in [0.1, 0.15) is 22.8 Å². The molecule has 1 amide bonds. The van der Waals surface area contributed by atoms with Gasteiger partial charge in [-0.05, 0) is 67.1 Å². The van der Waals surface area contributed by atoms with Crippen LogP contribution in [0, 0.1) is 11.8 Å². The molecule has 3 aliphatic carbocycles. The molecule has 0 saturated heterocycles. The van der Waals surface area contributed by atoms with Crippen molar-refractivity contribution >= 4 is 23.2 Å². The minimum atomic E-state index is -2.65. The van der Waals surface area contributed by atoms with Gasteiger partial charge in [-0.15, -0.1) is 0 Å². The second-order valence-corrected chi connectivity index (χ2v) is 11.2. The van der Waals surface area contributed by atoms with E-state index in [9.17, 15) is 34.8 Å². The maximum Gasteiger partial charge on any atom is 0.255 e. The highest BCUT2D eigenvalue weighted by Crippen LogP contribution is 2.53. The fraction of sp³-hybridized carbons (Fsp3) is 0.367. The lowest BCUT2D eigenvalue weighted by Crippen LogP contribution is -2.65.